The highest BCUT2D eigenvalue weighted by Gasteiger charge is 2.19. The predicted molar refractivity (Wildman–Crippen MR) is 251 cm³/mol. The molecule has 0 saturated heterocycles. The molecule has 6 heteroatoms. The summed E-state index contributed by atoms with van der Waals surface area (Å²) in [5.41, 5.74) is 0. The lowest BCUT2D eigenvalue weighted by Gasteiger charge is -2.18. The Labute approximate surface area is 364 Å². The zero-order valence-corrected chi connectivity index (χ0v) is 38.8. The summed E-state index contributed by atoms with van der Waals surface area (Å²) in [5, 5.41) is 0. The number of carbonyl (C=O) groups excluding carboxylic acids is 3. The quantitative estimate of drug-likeness (QED) is 0.0263. The van der Waals surface area contributed by atoms with Gasteiger partial charge < -0.3 is 14.2 Å². The second-order valence-electron chi connectivity index (χ2n) is 16.4. The minimum Gasteiger partial charge on any atom is -0.462 e. The third kappa shape index (κ3) is 46.0. The van der Waals surface area contributed by atoms with Crippen LogP contribution in [0, 0.1) is 0 Å². The highest BCUT2D eigenvalue weighted by atomic mass is 16.6. The van der Waals surface area contributed by atoms with Crippen LogP contribution >= 0.6 is 0 Å². The summed E-state index contributed by atoms with van der Waals surface area (Å²) in [7, 11) is 0. The van der Waals surface area contributed by atoms with Gasteiger partial charge in [0.15, 0.2) is 6.10 Å². The fraction of sp³-hybridized carbons (Fsp3) is 0.755. The zero-order valence-electron chi connectivity index (χ0n) is 38.8. The lowest BCUT2D eigenvalue weighted by atomic mass is 10.1. The van der Waals surface area contributed by atoms with Crippen molar-refractivity contribution in [2.45, 2.75) is 245 Å². The van der Waals surface area contributed by atoms with Gasteiger partial charge in [0.1, 0.15) is 13.2 Å². The first kappa shape index (κ1) is 56.1. The van der Waals surface area contributed by atoms with Gasteiger partial charge in [-0.15, -0.1) is 0 Å². The first-order chi connectivity index (χ1) is 29.0. The predicted octanol–water partition coefficient (Wildman–Crippen LogP) is 16.1. The smallest absolute Gasteiger partial charge is 0.306 e. The van der Waals surface area contributed by atoms with Crippen LogP contribution in [0.15, 0.2) is 60.8 Å². The van der Waals surface area contributed by atoms with Crippen LogP contribution in [-0.2, 0) is 28.6 Å². The number of rotatable bonds is 44. The molecule has 0 aliphatic carbocycles. The third-order valence-corrected chi connectivity index (χ3v) is 10.5. The van der Waals surface area contributed by atoms with Crippen LogP contribution in [0.4, 0.5) is 0 Å². The molecule has 340 valence electrons. The van der Waals surface area contributed by atoms with Crippen molar-refractivity contribution in [3.63, 3.8) is 0 Å². The molecule has 0 unspecified atom stereocenters. The number of unbranched alkanes of at least 4 members (excludes halogenated alkanes) is 23. The fourth-order valence-electron chi connectivity index (χ4n) is 6.66. The van der Waals surface area contributed by atoms with Gasteiger partial charge in [-0.05, 0) is 103 Å². The van der Waals surface area contributed by atoms with Gasteiger partial charge in [-0.1, -0.05) is 178 Å². The molecule has 6 nitrogen and oxygen atoms in total. The number of ether oxygens (including phenoxy) is 3. The van der Waals surface area contributed by atoms with Crippen molar-refractivity contribution >= 4 is 17.9 Å². The standard InChI is InChI=1S/C53H92O6/c1-4-7-10-13-16-19-22-24-26-28-31-34-37-40-43-46-52(55)58-49-50(48-57-51(54)45-42-39-36-33-30-21-18-15-12-9-6-3)59-53(56)47-44-41-38-35-32-29-27-25-23-20-17-14-11-8-5-2/h15,17-20,22,25,27,32,35,50H,4-14,16,21,23-24,26,28-31,33-34,36-49H2,1-3H3/b18-15-,20-17-,22-19-,27-25-,35-32-/t50-/m0/s1. The van der Waals surface area contributed by atoms with Crippen LogP contribution in [0.5, 0.6) is 0 Å². The molecular weight excluding hydrogens is 733 g/mol. The zero-order chi connectivity index (χ0) is 43.0. The van der Waals surface area contributed by atoms with Crippen molar-refractivity contribution < 1.29 is 28.6 Å². The Morgan fingerprint density at radius 2 is 0.627 bits per heavy atom. The molecule has 0 bridgehead atoms. The third-order valence-electron chi connectivity index (χ3n) is 10.5. The lowest BCUT2D eigenvalue weighted by Crippen LogP contribution is -2.30. The number of carbonyl (C=O) groups is 3. The average molecular weight is 825 g/mol. The van der Waals surface area contributed by atoms with E-state index in [1.54, 1.807) is 0 Å². The van der Waals surface area contributed by atoms with Crippen LogP contribution in [-0.4, -0.2) is 37.2 Å². The fourth-order valence-corrected chi connectivity index (χ4v) is 6.66. The lowest BCUT2D eigenvalue weighted by molar-refractivity contribution is -0.167. The second kappa shape index (κ2) is 47.8. The summed E-state index contributed by atoms with van der Waals surface area (Å²) in [4.78, 5) is 37.8. The van der Waals surface area contributed by atoms with Crippen LogP contribution < -0.4 is 0 Å². The van der Waals surface area contributed by atoms with Crippen molar-refractivity contribution in [2.75, 3.05) is 13.2 Å². The maximum Gasteiger partial charge on any atom is 0.306 e. The van der Waals surface area contributed by atoms with E-state index >= 15 is 0 Å². The Balaban J connectivity index is 4.45. The number of hydrogen-bond donors (Lipinski definition) is 0. The van der Waals surface area contributed by atoms with Crippen molar-refractivity contribution in [2.24, 2.45) is 0 Å². The summed E-state index contributed by atoms with van der Waals surface area (Å²) in [6.45, 7) is 6.51. The van der Waals surface area contributed by atoms with Crippen molar-refractivity contribution in [1.82, 2.24) is 0 Å². The second-order valence-corrected chi connectivity index (χ2v) is 16.4. The van der Waals surface area contributed by atoms with Gasteiger partial charge in [0.25, 0.3) is 0 Å². The molecular formula is C53H92O6. The number of esters is 3. The molecule has 0 aromatic heterocycles. The largest absolute Gasteiger partial charge is 0.462 e. The van der Waals surface area contributed by atoms with E-state index in [9.17, 15) is 14.4 Å². The van der Waals surface area contributed by atoms with E-state index in [2.05, 4.69) is 81.5 Å². The maximum atomic E-state index is 12.7. The molecule has 0 aliphatic rings. The van der Waals surface area contributed by atoms with E-state index in [-0.39, 0.29) is 37.5 Å². The monoisotopic (exact) mass is 825 g/mol. The molecule has 0 aromatic carbocycles. The van der Waals surface area contributed by atoms with E-state index in [0.29, 0.717) is 19.3 Å². The Morgan fingerprint density at radius 1 is 0.339 bits per heavy atom. The molecule has 59 heavy (non-hydrogen) atoms. The van der Waals surface area contributed by atoms with E-state index in [0.717, 1.165) is 70.6 Å². The Bertz CT molecular complexity index is 1090. The van der Waals surface area contributed by atoms with Gasteiger partial charge in [0, 0.05) is 19.3 Å². The van der Waals surface area contributed by atoms with E-state index in [1.165, 1.54) is 122 Å². The van der Waals surface area contributed by atoms with Crippen LogP contribution in [0.25, 0.3) is 0 Å². The molecule has 0 saturated carbocycles. The van der Waals surface area contributed by atoms with Crippen molar-refractivity contribution in [1.29, 1.82) is 0 Å². The maximum absolute atomic E-state index is 12.7. The molecule has 0 N–H and O–H groups in total. The topological polar surface area (TPSA) is 78.9 Å². The highest BCUT2D eigenvalue weighted by molar-refractivity contribution is 5.71. The SMILES string of the molecule is CCCC/C=C\CCCCCCCC(=O)OC[C@@H](COC(=O)CCCCCCCCC/C=C\CCCCCC)OC(=O)CCCC/C=C\C/C=C\C/C=C\CCCCC. The Hall–Kier alpha value is -2.89. The molecule has 0 fully saturated rings. The van der Waals surface area contributed by atoms with E-state index < -0.39 is 6.10 Å². The van der Waals surface area contributed by atoms with Crippen LogP contribution in [0.2, 0.25) is 0 Å². The summed E-state index contributed by atoms with van der Waals surface area (Å²) in [6.07, 6.45) is 57.7. The normalized spacial score (nSPS) is 12.5. The summed E-state index contributed by atoms with van der Waals surface area (Å²) < 4.78 is 16.7. The Morgan fingerprint density at radius 3 is 1.08 bits per heavy atom. The van der Waals surface area contributed by atoms with Gasteiger partial charge >= 0.3 is 17.9 Å². The van der Waals surface area contributed by atoms with E-state index in [1.807, 2.05) is 0 Å². The molecule has 0 amide bonds. The molecule has 0 aliphatic heterocycles. The minimum absolute atomic E-state index is 0.0944. The number of hydrogen-bond acceptors (Lipinski definition) is 6. The molecule has 0 rings (SSSR count). The first-order valence-corrected chi connectivity index (χ1v) is 24.8. The van der Waals surface area contributed by atoms with Gasteiger partial charge in [-0.25, -0.2) is 0 Å². The molecule has 1 atom stereocenters. The molecule has 0 radical (unpaired) electrons. The Kier molecular flexibility index (Phi) is 45.4. The van der Waals surface area contributed by atoms with Gasteiger partial charge in [-0.3, -0.25) is 14.4 Å². The molecule has 0 spiro atoms. The highest BCUT2D eigenvalue weighted by Crippen LogP contribution is 2.13. The summed E-state index contributed by atoms with van der Waals surface area (Å²) >= 11 is 0. The first-order valence-electron chi connectivity index (χ1n) is 24.8. The van der Waals surface area contributed by atoms with Crippen LogP contribution in [0.3, 0.4) is 0 Å². The van der Waals surface area contributed by atoms with Crippen molar-refractivity contribution in [3.8, 4) is 0 Å². The van der Waals surface area contributed by atoms with Gasteiger partial charge in [0.2, 0.25) is 0 Å². The summed E-state index contributed by atoms with van der Waals surface area (Å²) in [6, 6.07) is 0. The average Bonchev–Trinajstić information content (AvgIpc) is 3.23. The van der Waals surface area contributed by atoms with E-state index in [4.69, 9.17) is 14.2 Å². The van der Waals surface area contributed by atoms with Crippen LogP contribution in [0.1, 0.15) is 239 Å². The van der Waals surface area contributed by atoms with Gasteiger partial charge in [-0.2, -0.15) is 0 Å². The van der Waals surface area contributed by atoms with Gasteiger partial charge in [0.05, 0.1) is 0 Å². The summed E-state index contributed by atoms with van der Waals surface area (Å²) in [5.74, 6) is -0.947. The molecule has 0 heterocycles. The van der Waals surface area contributed by atoms with Crippen molar-refractivity contribution in [3.05, 3.63) is 60.8 Å². The minimum atomic E-state index is -0.797. The molecule has 0 aromatic rings. The number of allylic oxidation sites excluding steroid dienone is 10.